The molecule has 0 spiro atoms. The lowest BCUT2D eigenvalue weighted by atomic mass is 10.0. The van der Waals surface area contributed by atoms with E-state index in [4.69, 9.17) is 4.52 Å². The predicted octanol–water partition coefficient (Wildman–Crippen LogP) is 1.75. The average Bonchev–Trinajstić information content (AvgIpc) is 2.80. The molecule has 7 nitrogen and oxygen atoms in total. The minimum absolute atomic E-state index is 0.0147. The summed E-state index contributed by atoms with van der Waals surface area (Å²) in [5, 5.41) is 7.12. The number of likely N-dealkylation sites (tertiary alicyclic amines) is 1. The number of nitrogens with one attached hydrogen (secondary N) is 1. The summed E-state index contributed by atoms with van der Waals surface area (Å²) in [5.74, 6) is 1.08. The Morgan fingerprint density at radius 1 is 1.29 bits per heavy atom. The van der Waals surface area contributed by atoms with Crippen LogP contribution in [0.1, 0.15) is 58.2 Å². The molecule has 1 aromatic heterocycles. The van der Waals surface area contributed by atoms with Crippen LogP contribution in [0.4, 0.5) is 0 Å². The van der Waals surface area contributed by atoms with Gasteiger partial charge in [0.15, 0.2) is 5.82 Å². The van der Waals surface area contributed by atoms with E-state index in [1.165, 1.54) is 25.7 Å². The third kappa shape index (κ3) is 5.01. The van der Waals surface area contributed by atoms with Crippen LogP contribution in [0.2, 0.25) is 0 Å². The standard InChI is InChI=1S/C17H31N5O2/c1-13(22-10-8-6-7-9-11-22)15(23)19-17(2,3)16-18-14(24-20-16)12-21(4)5/h13H,6-12H2,1-5H3,(H,19,23)/t13-/m0/s1. The van der Waals surface area contributed by atoms with Crippen LogP contribution in [-0.2, 0) is 16.9 Å². The zero-order valence-corrected chi connectivity index (χ0v) is 15.6. The molecule has 2 rings (SSSR count). The molecule has 0 aliphatic carbocycles. The number of carbonyl (C=O) groups excluding carboxylic acids is 1. The molecular formula is C17H31N5O2. The first-order valence-electron chi connectivity index (χ1n) is 8.83. The second-order valence-electron chi connectivity index (χ2n) is 7.49. The van der Waals surface area contributed by atoms with Crippen molar-refractivity contribution in [2.24, 2.45) is 0 Å². The van der Waals surface area contributed by atoms with Crippen molar-refractivity contribution in [3.63, 3.8) is 0 Å². The van der Waals surface area contributed by atoms with Crippen molar-refractivity contribution >= 4 is 5.91 Å². The molecule has 0 radical (unpaired) electrons. The molecule has 7 heteroatoms. The Balaban J connectivity index is 1.98. The minimum atomic E-state index is -0.661. The highest BCUT2D eigenvalue weighted by Gasteiger charge is 2.32. The first-order chi connectivity index (χ1) is 11.3. The Kier molecular flexibility index (Phi) is 6.34. The molecule has 0 bridgehead atoms. The fraction of sp³-hybridized carbons (Fsp3) is 0.824. The van der Waals surface area contributed by atoms with Gasteiger partial charge in [0, 0.05) is 0 Å². The Hall–Kier alpha value is -1.47. The number of amides is 1. The molecule has 1 fully saturated rings. The second-order valence-corrected chi connectivity index (χ2v) is 7.49. The summed E-state index contributed by atoms with van der Waals surface area (Å²) >= 11 is 0. The van der Waals surface area contributed by atoms with Gasteiger partial charge in [-0.1, -0.05) is 18.0 Å². The van der Waals surface area contributed by atoms with Gasteiger partial charge < -0.3 is 14.7 Å². The van der Waals surface area contributed by atoms with E-state index in [9.17, 15) is 4.79 Å². The van der Waals surface area contributed by atoms with Crippen molar-refractivity contribution in [3.8, 4) is 0 Å². The van der Waals surface area contributed by atoms with Gasteiger partial charge in [0.25, 0.3) is 0 Å². The maximum atomic E-state index is 12.7. The maximum Gasteiger partial charge on any atom is 0.240 e. The van der Waals surface area contributed by atoms with Crippen molar-refractivity contribution in [1.82, 2.24) is 25.3 Å². The lowest BCUT2D eigenvalue weighted by Crippen LogP contribution is -2.51. The number of hydrogen-bond acceptors (Lipinski definition) is 6. The Bertz CT molecular complexity index is 533. The lowest BCUT2D eigenvalue weighted by Gasteiger charge is -2.30. The quantitative estimate of drug-likeness (QED) is 0.852. The highest BCUT2D eigenvalue weighted by molar-refractivity contribution is 5.82. The second kappa shape index (κ2) is 8.07. The highest BCUT2D eigenvalue weighted by atomic mass is 16.5. The predicted molar refractivity (Wildman–Crippen MR) is 92.4 cm³/mol. The summed E-state index contributed by atoms with van der Waals surface area (Å²) in [6, 6.07) is -0.143. The van der Waals surface area contributed by atoms with Crippen LogP contribution < -0.4 is 5.32 Å². The van der Waals surface area contributed by atoms with Crippen LogP contribution >= 0.6 is 0 Å². The largest absolute Gasteiger partial charge is 0.342 e. The number of carbonyl (C=O) groups is 1. The Labute approximate surface area is 144 Å². The van der Waals surface area contributed by atoms with Crippen LogP contribution in [0, 0.1) is 0 Å². The van der Waals surface area contributed by atoms with Gasteiger partial charge in [0.05, 0.1) is 18.1 Å². The van der Waals surface area contributed by atoms with Crippen molar-refractivity contribution in [2.75, 3.05) is 27.2 Å². The molecule has 2 heterocycles. The van der Waals surface area contributed by atoms with Crippen LogP contribution in [0.25, 0.3) is 0 Å². The molecule has 1 aliphatic heterocycles. The summed E-state index contributed by atoms with van der Waals surface area (Å²) in [4.78, 5) is 21.3. The van der Waals surface area contributed by atoms with Gasteiger partial charge in [-0.15, -0.1) is 0 Å². The molecule has 1 atom stereocenters. The summed E-state index contributed by atoms with van der Waals surface area (Å²) < 4.78 is 5.27. The molecule has 24 heavy (non-hydrogen) atoms. The first-order valence-corrected chi connectivity index (χ1v) is 8.83. The Morgan fingerprint density at radius 2 is 1.92 bits per heavy atom. The van der Waals surface area contributed by atoms with Crippen molar-refractivity contribution in [1.29, 1.82) is 0 Å². The van der Waals surface area contributed by atoms with E-state index >= 15 is 0 Å². The minimum Gasteiger partial charge on any atom is -0.342 e. The summed E-state index contributed by atoms with van der Waals surface area (Å²) in [7, 11) is 3.89. The Morgan fingerprint density at radius 3 is 2.50 bits per heavy atom. The van der Waals surface area contributed by atoms with Gasteiger partial charge in [-0.25, -0.2) is 0 Å². The maximum absolute atomic E-state index is 12.7. The molecule has 0 saturated carbocycles. The van der Waals surface area contributed by atoms with Crippen molar-refractivity contribution < 1.29 is 9.32 Å². The molecule has 0 aromatic carbocycles. The van der Waals surface area contributed by atoms with Gasteiger partial charge in [0.2, 0.25) is 11.8 Å². The monoisotopic (exact) mass is 337 g/mol. The molecule has 0 unspecified atom stereocenters. The normalized spacial score (nSPS) is 18.4. The van der Waals surface area contributed by atoms with Crippen LogP contribution in [0.3, 0.4) is 0 Å². The molecule has 1 saturated heterocycles. The van der Waals surface area contributed by atoms with E-state index in [-0.39, 0.29) is 11.9 Å². The lowest BCUT2D eigenvalue weighted by molar-refractivity contribution is -0.127. The zero-order valence-electron chi connectivity index (χ0n) is 15.6. The topological polar surface area (TPSA) is 74.5 Å². The molecule has 1 aromatic rings. The van der Waals surface area contributed by atoms with E-state index in [0.717, 1.165) is 13.1 Å². The van der Waals surface area contributed by atoms with E-state index in [2.05, 4.69) is 20.4 Å². The number of rotatable bonds is 6. The SMILES string of the molecule is C[C@@H](C(=O)NC(C)(C)c1noc(CN(C)C)n1)N1CCCCCC1. The van der Waals surface area contributed by atoms with Gasteiger partial charge in [-0.05, 0) is 60.8 Å². The molecule has 1 N–H and O–H groups in total. The molecule has 1 aliphatic rings. The number of nitrogens with zero attached hydrogens (tertiary/aromatic N) is 4. The van der Waals surface area contributed by atoms with Crippen LogP contribution in [0.15, 0.2) is 4.52 Å². The third-order valence-corrected chi connectivity index (χ3v) is 4.48. The molecule has 136 valence electrons. The average molecular weight is 337 g/mol. The number of aromatic nitrogens is 2. The number of hydrogen-bond donors (Lipinski definition) is 1. The van der Waals surface area contributed by atoms with Gasteiger partial charge in [0.1, 0.15) is 0 Å². The van der Waals surface area contributed by atoms with Crippen LogP contribution in [0.5, 0.6) is 0 Å². The molecule has 1 amide bonds. The highest BCUT2D eigenvalue weighted by Crippen LogP contribution is 2.19. The van der Waals surface area contributed by atoms with E-state index in [1.54, 1.807) is 0 Å². The van der Waals surface area contributed by atoms with Crippen molar-refractivity contribution in [2.45, 2.75) is 64.6 Å². The van der Waals surface area contributed by atoms with Crippen molar-refractivity contribution in [3.05, 3.63) is 11.7 Å². The van der Waals surface area contributed by atoms with E-state index in [0.29, 0.717) is 18.3 Å². The summed E-state index contributed by atoms with van der Waals surface area (Å²) in [5.41, 5.74) is -0.661. The first kappa shape index (κ1) is 18.9. The zero-order chi connectivity index (χ0) is 17.7. The fourth-order valence-corrected chi connectivity index (χ4v) is 2.96. The van der Waals surface area contributed by atoms with Gasteiger partial charge >= 0.3 is 0 Å². The van der Waals surface area contributed by atoms with Gasteiger partial charge in [-0.2, -0.15) is 4.98 Å². The summed E-state index contributed by atoms with van der Waals surface area (Å²) in [6.45, 7) is 8.36. The van der Waals surface area contributed by atoms with E-state index in [1.807, 2.05) is 39.8 Å². The molecular weight excluding hydrogens is 306 g/mol. The van der Waals surface area contributed by atoms with Crippen LogP contribution in [-0.4, -0.2) is 59.1 Å². The van der Waals surface area contributed by atoms with Gasteiger partial charge in [-0.3, -0.25) is 9.69 Å². The summed E-state index contributed by atoms with van der Waals surface area (Å²) in [6.07, 6.45) is 4.85. The fourth-order valence-electron chi connectivity index (χ4n) is 2.96. The third-order valence-electron chi connectivity index (χ3n) is 4.48. The smallest absolute Gasteiger partial charge is 0.240 e. The van der Waals surface area contributed by atoms with E-state index < -0.39 is 5.54 Å².